The summed E-state index contributed by atoms with van der Waals surface area (Å²) in [4.78, 5) is 34.6. The monoisotopic (exact) mass is 391 g/mol. The van der Waals surface area contributed by atoms with Gasteiger partial charge in [-0.25, -0.2) is 23.2 Å². The lowest BCUT2D eigenvalue weighted by molar-refractivity contribution is -0.134. The molecule has 27 heavy (non-hydrogen) atoms. The van der Waals surface area contributed by atoms with Crippen molar-refractivity contribution in [2.75, 3.05) is 25.2 Å². The third kappa shape index (κ3) is 4.24. The molecule has 0 unspecified atom stereocenters. The Balaban J connectivity index is 1.64. The number of rotatable bonds is 4. The molecule has 1 aromatic heterocycles. The van der Waals surface area contributed by atoms with Gasteiger partial charge in [0, 0.05) is 13.1 Å². The van der Waals surface area contributed by atoms with Crippen molar-refractivity contribution >= 4 is 32.7 Å². The number of aromatic nitrogens is 2. The van der Waals surface area contributed by atoms with E-state index in [4.69, 9.17) is 4.74 Å². The van der Waals surface area contributed by atoms with Crippen LogP contribution in [-0.4, -0.2) is 66.4 Å². The molecule has 1 aliphatic rings. The Hall–Kier alpha value is -2.55. The number of fused-ring (bicyclic) bond motifs is 1. The summed E-state index contributed by atoms with van der Waals surface area (Å²) in [5, 5.41) is 0. The molecule has 0 N–H and O–H groups in total. The molecule has 0 saturated carbocycles. The third-order valence-corrected chi connectivity index (χ3v) is 6.54. The molecule has 1 aliphatic heterocycles. The molecule has 9 heteroatoms. The quantitative estimate of drug-likeness (QED) is 0.717. The number of likely N-dealkylation sites (N-methyl/N-ethyl adjacent to an activating group) is 1. The predicted octanol–water partition coefficient (Wildman–Crippen LogP) is 1.05. The van der Waals surface area contributed by atoms with E-state index >= 15 is 0 Å². The Morgan fingerprint density at radius 2 is 1.85 bits per heavy atom. The van der Waals surface area contributed by atoms with Crippen molar-refractivity contribution in [1.29, 1.82) is 0 Å². The van der Waals surface area contributed by atoms with Crippen LogP contribution in [0.1, 0.15) is 28.2 Å². The number of nitrogens with zero attached hydrogens (tertiary/aromatic N) is 3. The number of aryl methyl sites for hydroxylation is 2. The minimum Gasteiger partial charge on any atom is -0.452 e. The molecule has 2 aromatic rings. The maximum atomic E-state index is 12.3. The number of benzene rings is 1. The van der Waals surface area contributed by atoms with Crippen LogP contribution in [0.5, 0.6) is 0 Å². The van der Waals surface area contributed by atoms with Gasteiger partial charge in [-0.05, 0) is 38.5 Å². The smallest absolute Gasteiger partial charge is 0.338 e. The molecule has 1 fully saturated rings. The Morgan fingerprint density at radius 1 is 1.19 bits per heavy atom. The SMILES string of the molecule is Cc1nc2ccc(C(=O)OCC(=O)N(C)[C@H]3CCS(=O)(=O)C3)cc2nc1C. The second kappa shape index (κ2) is 7.22. The summed E-state index contributed by atoms with van der Waals surface area (Å²) >= 11 is 0. The van der Waals surface area contributed by atoms with Crippen LogP contribution in [0.25, 0.3) is 11.0 Å². The van der Waals surface area contributed by atoms with E-state index < -0.39 is 28.3 Å². The number of carbonyl (C=O) groups excluding carboxylic acids is 2. The molecule has 1 saturated heterocycles. The van der Waals surface area contributed by atoms with E-state index in [1.54, 1.807) is 18.2 Å². The first-order valence-electron chi connectivity index (χ1n) is 8.54. The van der Waals surface area contributed by atoms with E-state index in [1.165, 1.54) is 11.9 Å². The highest BCUT2D eigenvalue weighted by Gasteiger charge is 2.32. The van der Waals surface area contributed by atoms with Gasteiger partial charge in [0.25, 0.3) is 5.91 Å². The number of hydrogen-bond donors (Lipinski definition) is 0. The van der Waals surface area contributed by atoms with Gasteiger partial charge in [0.05, 0.1) is 39.5 Å². The average Bonchev–Trinajstić information content (AvgIpc) is 2.99. The van der Waals surface area contributed by atoms with Gasteiger partial charge in [0.1, 0.15) is 0 Å². The minimum atomic E-state index is -3.09. The van der Waals surface area contributed by atoms with Crippen LogP contribution in [0.2, 0.25) is 0 Å². The van der Waals surface area contributed by atoms with Crippen molar-refractivity contribution in [1.82, 2.24) is 14.9 Å². The Labute approximate surface area is 157 Å². The molecule has 3 rings (SSSR count). The largest absolute Gasteiger partial charge is 0.452 e. The third-order valence-electron chi connectivity index (χ3n) is 4.79. The standard InChI is InChI=1S/C18H21N3O5S/c1-11-12(2)20-16-8-13(4-5-15(16)19-11)18(23)26-9-17(22)21(3)14-6-7-27(24,25)10-14/h4-5,8,14H,6-7,9-10H2,1-3H3/t14-/m0/s1. The van der Waals surface area contributed by atoms with Crippen LogP contribution in [0.4, 0.5) is 0 Å². The van der Waals surface area contributed by atoms with Gasteiger partial charge in [-0.3, -0.25) is 4.79 Å². The number of ether oxygens (including phenoxy) is 1. The molecule has 8 nitrogen and oxygen atoms in total. The van der Waals surface area contributed by atoms with E-state index in [1.807, 2.05) is 13.8 Å². The zero-order valence-electron chi connectivity index (χ0n) is 15.4. The van der Waals surface area contributed by atoms with Gasteiger partial charge in [0.15, 0.2) is 16.4 Å². The van der Waals surface area contributed by atoms with E-state index in [0.717, 1.165) is 11.4 Å². The molecule has 144 valence electrons. The summed E-state index contributed by atoms with van der Waals surface area (Å²) in [6, 6.07) is 4.46. The zero-order valence-corrected chi connectivity index (χ0v) is 16.2. The molecule has 0 bridgehead atoms. The molecule has 1 aromatic carbocycles. The molecule has 0 radical (unpaired) electrons. The van der Waals surface area contributed by atoms with Gasteiger partial charge in [-0.15, -0.1) is 0 Å². The molecule has 2 heterocycles. The molecule has 1 amide bonds. The van der Waals surface area contributed by atoms with Crippen molar-refractivity contribution in [3.8, 4) is 0 Å². The van der Waals surface area contributed by atoms with E-state index in [2.05, 4.69) is 9.97 Å². The van der Waals surface area contributed by atoms with Crippen LogP contribution < -0.4 is 0 Å². The predicted molar refractivity (Wildman–Crippen MR) is 99.1 cm³/mol. The second-order valence-corrected chi connectivity index (χ2v) is 8.96. The van der Waals surface area contributed by atoms with Crippen LogP contribution >= 0.6 is 0 Å². The Morgan fingerprint density at radius 3 is 2.48 bits per heavy atom. The summed E-state index contributed by atoms with van der Waals surface area (Å²) in [5.41, 5.74) is 3.12. The van der Waals surface area contributed by atoms with E-state index in [0.29, 0.717) is 17.5 Å². The molecule has 1 atom stereocenters. The van der Waals surface area contributed by atoms with Crippen LogP contribution in [0, 0.1) is 13.8 Å². The first-order valence-corrected chi connectivity index (χ1v) is 10.4. The van der Waals surface area contributed by atoms with Crippen molar-refractivity contribution in [3.63, 3.8) is 0 Å². The molecular weight excluding hydrogens is 370 g/mol. The summed E-state index contributed by atoms with van der Waals surface area (Å²) in [5.74, 6) is -1.05. The number of sulfone groups is 1. The highest BCUT2D eigenvalue weighted by atomic mass is 32.2. The van der Waals surface area contributed by atoms with Crippen LogP contribution in [-0.2, 0) is 19.4 Å². The van der Waals surface area contributed by atoms with Crippen molar-refractivity contribution in [3.05, 3.63) is 35.2 Å². The van der Waals surface area contributed by atoms with E-state index in [-0.39, 0.29) is 23.1 Å². The first kappa shape index (κ1) is 19.2. The number of esters is 1. The minimum absolute atomic E-state index is 0.0503. The molecular formula is C18H21N3O5S. The van der Waals surface area contributed by atoms with Gasteiger partial charge in [0.2, 0.25) is 0 Å². The Bertz CT molecular complexity index is 1020. The van der Waals surface area contributed by atoms with Gasteiger partial charge in [-0.1, -0.05) is 0 Å². The number of carbonyl (C=O) groups is 2. The van der Waals surface area contributed by atoms with Crippen LogP contribution in [0.3, 0.4) is 0 Å². The summed E-state index contributed by atoms with van der Waals surface area (Å²) in [6.45, 7) is 3.26. The summed E-state index contributed by atoms with van der Waals surface area (Å²) < 4.78 is 28.2. The summed E-state index contributed by atoms with van der Waals surface area (Å²) in [6.07, 6.45) is 0.403. The lowest BCUT2D eigenvalue weighted by Gasteiger charge is -2.23. The normalized spacial score (nSPS) is 18.4. The van der Waals surface area contributed by atoms with Gasteiger partial charge in [-0.2, -0.15) is 0 Å². The van der Waals surface area contributed by atoms with Crippen LogP contribution in [0.15, 0.2) is 18.2 Å². The first-order chi connectivity index (χ1) is 12.7. The lowest BCUT2D eigenvalue weighted by Crippen LogP contribution is -2.40. The fourth-order valence-corrected chi connectivity index (χ4v) is 4.73. The Kier molecular flexibility index (Phi) is 5.14. The highest BCUT2D eigenvalue weighted by molar-refractivity contribution is 7.91. The fourth-order valence-electron chi connectivity index (χ4n) is 2.95. The van der Waals surface area contributed by atoms with Crippen molar-refractivity contribution < 1.29 is 22.7 Å². The van der Waals surface area contributed by atoms with E-state index in [9.17, 15) is 18.0 Å². The maximum absolute atomic E-state index is 12.3. The number of hydrogen-bond acceptors (Lipinski definition) is 7. The molecule has 0 aliphatic carbocycles. The van der Waals surface area contributed by atoms with Gasteiger partial charge < -0.3 is 9.64 Å². The average molecular weight is 391 g/mol. The number of amides is 1. The van der Waals surface area contributed by atoms with Gasteiger partial charge >= 0.3 is 5.97 Å². The maximum Gasteiger partial charge on any atom is 0.338 e. The lowest BCUT2D eigenvalue weighted by atomic mass is 10.2. The molecule has 0 spiro atoms. The van der Waals surface area contributed by atoms with Crippen molar-refractivity contribution in [2.24, 2.45) is 0 Å². The highest BCUT2D eigenvalue weighted by Crippen LogP contribution is 2.17. The zero-order chi connectivity index (χ0) is 19.8. The second-order valence-electron chi connectivity index (χ2n) is 6.74. The fraction of sp³-hybridized carbons (Fsp3) is 0.444. The topological polar surface area (TPSA) is 107 Å². The van der Waals surface area contributed by atoms with Crippen molar-refractivity contribution in [2.45, 2.75) is 26.3 Å². The summed E-state index contributed by atoms with van der Waals surface area (Å²) in [7, 11) is -1.56.